The Hall–Kier alpha value is -1.95. The molecule has 104 valence electrons. The van der Waals surface area contributed by atoms with E-state index in [1.54, 1.807) is 32.2 Å². The van der Waals surface area contributed by atoms with Crippen molar-refractivity contribution in [1.82, 2.24) is 4.90 Å². The molecule has 0 spiro atoms. The summed E-state index contributed by atoms with van der Waals surface area (Å²) in [5.74, 6) is -0.199. The predicted molar refractivity (Wildman–Crippen MR) is 70.7 cm³/mol. The number of carbonyl (C=O) groups is 1. The standard InChI is InChI=1S/C13H18N2O4/c1-10(16)7-8-14(2)13(17)9-11-5-3-4-6-12(11)15(18)19/h3-6,10,16H,7-9H2,1-2H3. The molecule has 0 bridgehead atoms. The van der Waals surface area contributed by atoms with Gasteiger partial charge in [0.1, 0.15) is 0 Å². The van der Waals surface area contributed by atoms with Gasteiger partial charge in [-0.3, -0.25) is 14.9 Å². The number of hydrogen-bond donors (Lipinski definition) is 1. The fourth-order valence-corrected chi connectivity index (χ4v) is 1.64. The summed E-state index contributed by atoms with van der Waals surface area (Å²) < 4.78 is 0. The van der Waals surface area contributed by atoms with Crippen molar-refractivity contribution in [2.45, 2.75) is 25.9 Å². The number of nitrogens with zero attached hydrogens (tertiary/aromatic N) is 2. The molecule has 1 aromatic rings. The number of para-hydroxylation sites is 1. The Labute approximate surface area is 111 Å². The van der Waals surface area contributed by atoms with Crippen LogP contribution in [-0.4, -0.2) is 40.5 Å². The molecule has 0 aliphatic carbocycles. The van der Waals surface area contributed by atoms with Gasteiger partial charge in [0.15, 0.2) is 0 Å². The third-order valence-electron chi connectivity index (χ3n) is 2.84. The summed E-state index contributed by atoms with van der Waals surface area (Å²) in [5.41, 5.74) is 0.362. The molecule has 0 saturated heterocycles. The molecule has 1 N–H and O–H groups in total. The van der Waals surface area contributed by atoms with Crippen LogP contribution in [0.3, 0.4) is 0 Å². The maximum atomic E-state index is 11.9. The lowest BCUT2D eigenvalue weighted by molar-refractivity contribution is -0.385. The summed E-state index contributed by atoms with van der Waals surface area (Å²) in [6.45, 7) is 2.08. The fourth-order valence-electron chi connectivity index (χ4n) is 1.64. The van der Waals surface area contributed by atoms with Gasteiger partial charge in [0.2, 0.25) is 5.91 Å². The Morgan fingerprint density at radius 2 is 2.11 bits per heavy atom. The zero-order valence-corrected chi connectivity index (χ0v) is 11.1. The minimum Gasteiger partial charge on any atom is -0.393 e. The van der Waals surface area contributed by atoms with Crippen LogP contribution < -0.4 is 0 Å². The van der Waals surface area contributed by atoms with E-state index in [1.807, 2.05) is 0 Å². The Balaban J connectivity index is 2.69. The summed E-state index contributed by atoms with van der Waals surface area (Å²) in [6.07, 6.45) is 0.00775. The molecule has 6 heteroatoms. The third kappa shape index (κ3) is 4.67. The molecular weight excluding hydrogens is 248 g/mol. The van der Waals surface area contributed by atoms with E-state index in [1.165, 1.54) is 11.0 Å². The van der Waals surface area contributed by atoms with Gasteiger partial charge in [0, 0.05) is 25.2 Å². The number of amides is 1. The van der Waals surface area contributed by atoms with Gasteiger partial charge in [-0.1, -0.05) is 18.2 Å². The molecule has 0 aromatic heterocycles. The van der Waals surface area contributed by atoms with Crippen LogP contribution in [0, 0.1) is 10.1 Å². The van der Waals surface area contributed by atoms with Gasteiger partial charge < -0.3 is 10.0 Å². The zero-order valence-electron chi connectivity index (χ0n) is 11.1. The highest BCUT2D eigenvalue weighted by Crippen LogP contribution is 2.18. The van der Waals surface area contributed by atoms with E-state index in [0.717, 1.165) is 0 Å². The van der Waals surface area contributed by atoms with Gasteiger partial charge >= 0.3 is 0 Å². The van der Waals surface area contributed by atoms with Crippen LogP contribution in [0.4, 0.5) is 5.69 Å². The maximum Gasteiger partial charge on any atom is 0.273 e. The van der Waals surface area contributed by atoms with E-state index >= 15 is 0 Å². The van der Waals surface area contributed by atoms with Crippen LogP contribution in [0.25, 0.3) is 0 Å². The van der Waals surface area contributed by atoms with Crippen molar-refractivity contribution >= 4 is 11.6 Å². The predicted octanol–water partition coefficient (Wildman–Crippen LogP) is 1.37. The second-order valence-corrected chi connectivity index (χ2v) is 4.52. The number of hydrogen-bond acceptors (Lipinski definition) is 4. The van der Waals surface area contributed by atoms with Crippen molar-refractivity contribution < 1.29 is 14.8 Å². The lowest BCUT2D eigenvalue weighted by Crippen LogP contribution is -2.30. The van der Waals surface area contributed by atoms with Gasteiger partial charge in [-0.05, 0) is 13.3 Å². The van der Waals surface area contributed by atoms with Gasteiger partial charge in [-0.25, -0.2) is 0 Å². The van der Waals surface area contributed by atoms with Gasteiger partial charge in [0.05, 0.1) is 17.4 Å². The quantitative estimate of drug-likeness (QED) is 0.622. The van der Waals surface area contributed by atoms with Crippen molar-refractivity contribution in [2.75, 3.05) is 13.6 Å². The molecule has 19 heavy (non-hydrogen) atoms. The van der Waals surface area contributed by atoms with E-state index in [0.29, 0.717) is 18.5 Å². The first-order valence-corrected chi connectivity index (χ1v) is 6.06. The number of aliphatic hydroxyl groups excluding tert-OH is 1. The van der Waals surface area contributed by atoms with Crippen LogP contribution in [-0.2, 0) is 11.2 Å². The van der Waals surface area contributed by atoms with Gasteiger partial charge in [-0.15, -0.1) is 0 Å². The molecule has 0 heterocycles. The smallest absolute Gasteiger partial charge is 0.273 e. The molecule has 0 radical (unpaired) electrons. The van der Waals surface area contributed by atoms with Crippen LogP contribution >= 0.6 is 0 Å². The number of likely N-dealkylation sites (N-methyl/N-ethyl adjacent to an activating group) is 1. The van der Waals surface area contributed by atoms with Crippen LogP contribution in [0.1, 0.15) is 18.9 Å². The SMILES string of the molecule is CC(O)CCN(C)C(=O)Cc1ccccc1[N+](=O)[O-]. The number of nitro groups is 1. The first-order valence-electron chi connectivity index (χ1n) is 6.06. The normalized spacial score (nSPS) is 11.9. The molecule has 1 amide bonds. The van der Waals surface area contributed by atoms with Crippen LogP contribution in [0.5, 0.6) is 0 Å². The molecular formula is C13H18N2O4. The minimum absolute atomic E-state index is 0.00649. The first-order chi connectivity index (χ1) is 8.91. The molecule has 6 nitrogen and oxygen atoms in total. The van der Waals surface area contributed by atoms with Crippen LogP contribution in [0.15, 0.2) is 24.3 Å². The molecule has 1 rings (SSSR count). The fraction of sp³-hybridized carbons (Fsp3) is 0.462. The number of benzene rings is 1. The summed E-state index contributed by atoms with van der Waals surface area (Å²) in [4.78, 5) is 23.7. The van der Waals surface area contributed by atoms with Crippen molar-refractivity contribution in [2.24, 2.45) is 0 Å². The lowest BCUT2D eigenvalue weighted by Gasteiger charge is -2.18. The number of rotatable bonds is 6. The Bertz CT molecular complexity index is 460. The van der Waals surface area contributed by atoms with E-state index in [-0.39, 0.29) is 18.0 Å². The molecule has 0 saturated carbocycles. The Morgan fingerprint density at radius 3 is 2.68 bits per heavy atom. The first kappa shape index (κ1) is 15.1. The largest absolute Gasteiger partial charge is 0.393 e. The number of nitro benzene ring substituents is 1. The second kappa shape index (κ2) is 6.84. The van der Waals surface area contributed by atoms with Gasteiger partial charge in [0.25, 0.3) is 5.69 Å². The van der Waals surface area contributed by atoms with Crippen molar-refractivity contribution in [1.29, 1.82) is 0 Å². The topological polar surface area (TPSA) is 83.7 Å². The average molecular weight is 266 g/mol. The Morgan fingerprint density at radius 1 is 1.47 bits per heavy atom. The molecule has 1 atom stereocenters. The van der Waals surface area contributed by atoms with Crippen molar-refractivity contribution in [3.8, 4) is 0 Å². The summed E-state index contributed by atoms with van der Waals surface area (Å²) in [7, 11) is 1.62. The second-order valence-electron chi connectivity index (χ2n) is 4.52. The number of carbonyl (C=O) groups excluding carboxylic acids is 1. The van der Waals surface area contributed by atoms with Crippen molar-refractivity contribution in [3.63, 3.8) is 0 Å². The van der Waals surface area contributed by atoms with E-state index in [4.69, 9.17) is 5.11 Å². The lowest BCUT2D eigenvalue weighted by atomic mass is 10.1. The summed E-state index contributed by atoms with van der Waals surface area (Å²) >= 11 is 0. The summed E-state index contributed by atoms with van der Waals surface area (Å²) in [5, 5.41) is 20.0. The highest BCUT2D eigenvalue weighted by molar-refractivity contribution is 5.79. The maximum absolute atomic E-state index is 11.9. The Kier molecular flexibility index (Phi) is 5.44. The molecule has 1 unspecified atom stereocenters. The average Bonchev–Trinajstić information content (AvgIpc) is 2.36. The van der Waals surface area contributed by atoms with Crippen molar-refractivity contribution in [3.05, 3.63) is 39.9 Å². The molecule has 0 aliphatic rings. The number of aliphatic hydroxyl groups is 1. The molecule has 0 aliphatic heterocycles. The third-order valence-corrected chi connectivity index (χ3v) is 2.84. The molecule has 1 aromatic carbocycles. The van der Waals surface area contributed by atoms with Crippen LogP contribution in [0.2, 0.25) is 0 Å². The highest BCUT2D eigenvalue weighted by Gasteiger charge is 2.17. The summed E-state index contributed by atoms with van der Waals surface area (Å²) in [6, 6.07) is 6.21. The van der Waals surface area contributed by atoms with E-state index in [2.05, 4.69) is 0 Å². The van der Waals surface area contributed by atoms with E-state index in [9.17, 15) is 14.9 Å². The highest BCUT2D eigenvalue weighted by atomic mass is 16.6. The minimum atomic E-state index is -0.488. The zero-order chi connectivity index (χ0) is 14.4. The monoisotopic (exact) mass is 266 g/mol. The van der Waals surface area contributed by atoms with E-state index < -0.39 is 11.0 Å². The molecule has 0 fully saturated rings. The van der Waals surface area contributed by atoms with Gasteiger partial charge in [-0.2, -0.15) is 0 Å².